The summed E-state index contributed by atoms with van der Waals surface area (Å²) in [7, 11) is 0. The van der Waals surface area contributed by atoms with Gasteiger partial charge in [-0.05, 0) is 30.7 Å². The summed E-state index contributed by atoms with van der Waals surface area (Å²) in [5.41, 5.74) is 0.527. The van der Waals surface area contributed by atoms with Gasteiger partial charge in [0, 0.05) is 12.6 Å². The Morgan fingerprint density at radius 3 is 2.86 bits per heavy atom. The number of ether oxygens (including phenoxy) is 1. The molecule has 116 valence electrons. The van der Waals surface area contributed by atoms with Crippen LogP contribution in [0.15, 0.2) is 18.2 Å². The summed E-state index contributed by atoms with van der Waals surface area (Å²) >= 11 is 0. The van der Waals surface area contributed by atoms with Crippen molar-refractivity contribution in [2.24, 2.45) is 5.92 Å². The minimum Gasteiger partial charge on any atom is -0.379 e. The lowest BCUT2D eigenvalue weighted by molar-refractivity contribution is -0.125. The molecule has 0 saturated carbocycles. The Morgan fingerprint density at radius 1 is 1.33 bits per heavy atom. The lowest BCUT2D eigenvalue weighted by atomic mass is 10.0. The van der Waals surface area contributed by atoms with Crippen molar-refractivity contribution in [1.82, 2.24) is 10.6 Å². The van der Waals surface area contributed by atoms with E-state index in [0.29, 0.717) is 18.8 Å². The molecule has 1 aromatic carbocycles. The smallest absolute Gasteiger partial charge is 0.227 e. The van der Waals surface area contributed by atoms with E-state index in [9.17, 15) is 13.6 Å². The number of nitrogens with one attached hydrogen (secondary N) is 2. The third kappa shape index (κ3) is 4.22. The first-order valence-corrected chi connectivity index (χ1v) is 7.14. The summed E-state index contributed by atoms with van der Waals surface area (Å²) < 4.78 is 31.3. The number of hydrogen-bond acceptors (Lipinski definition) is 3. The fraction of sp³-hybridized carbons (Fsp3) is 0.533. The van der Waals surface area contributed by atoms with Crippen molar-refractivity contribution < 1.29 is 18.3 Å². The maximum atomic E-state index is 13.1. The highest BCUT2D eigenvalue weighted by Crippen LogP contribution is 2.15. The van der Waals surface area contributed by atoms with Crippen LogP contribution in [0.4, 0.5) is 8.78 Å². The molecule has 2 N–H and O–H groups in total. The maximum absolute atomic E-state index is 13.1. The van der Waals surface area contributed by atoms with Crippen molar-refractivity contribution in [1.29, 1.82) is 0 Å². The Bertz CT molecular complexity index is 497. The van der Waals surface area contributed by atoms with Gasteiger partial charge in [0.15, 0.2) is 11.6 Å². The topological polar surface area (TPSA) is 50.4 Å². The van der Waals surface area contributed by atoms with Crippen LogP contribution in [0, 0.1) is 17.6 Å². The first-order chi connectivity index (χ1) is 10.1. The molecule has 0 aliphatic carbocycles. The number of carbonyl (C=O) groups excluding carboxylic acids is 1. The first-order valence-electron chi connectivity index (χ1n) is 7.14. The third-order valence-electron chi connectivity index (χ3n) is 3.52. The van der Waals surface area contributed by atoms with E-state index >= 15 is 0 Å². The highest BCUT2D eigenvalue weighted by Gasteiger charge is 2.33. The molecule has 1 aliphatic heterocycles. The average molecular weight is 298 g/mol. The van der Waals surface area contributed by atoms with Gasteiger partial charge in [0.25, 0.3) is 0 Å². The van der Waals surface area contributed by atoms with E-state index < -0.39 is 11.6 Å². The Hall–Kier alpha value is -1.53. The largest absolute Gasteiger partial charge is 0.379 e. The Kier molecular flexibility index (Phi) is 5.64. The van der Waals surface area contributed by atoms with E-state index in [-0.39, 0.29) is 24.4 Å². The van der Waals surface area contributed by atoms with Crippen LogP contribution >= 0.6 is 0 Å². The van der Waals surface area contributed by atoms with Gasteiger partial charge in [-0.1, -0.05) is 13.0 Å². The monoisotopic (exact) mass is 298 g/mol. The van der Waals surface area contributed by atoms with Crippen LogP contribution in [0.3, 0.4) is 0 Å². The summed E-state index contributed by atoms with van der Waals surface area (Å²) in [5, 5.41) is 6.03. The second kappa shape index (κ2) is 7.47. The van der Waals surface area contributed by atoms with Crippen LogP contribution in [-0.2, 0) is 16.1 Å². The number of benzene rings is 1. The molecule has 2 atom stereocenters. The van der Waals surface area contributed by atoms with E-state index in [2.05, 4.69) is 17.6 Å². The molecule has 21 heavy (non-hydrogen) atoms. The molecule has 2 unspecified atom stereocenters. The normalized spacial score (nSPS) is 21.5. The van der Waals surface area contributed by atoms with Crippen molar-refractivity contribution in [3.8, 4) is 0 Å². The van der Waals surface area contributed by atoms with Crippen molar-refractivity contribution in [3.05, 3.63) is 35.4 Å². The van der Waals surface area contributed by atoms with Crippen LogP contribution in [0.2, 0.25) is 0 Å². The molecule has 0 radical (unpaired) electrons. The van der Waals surface area contributed by atoms with E-state index in [0.717, 1.165) is 25.1 Å². The van der Waals surface area contributed by atoms with Gasteiger partial charge in [0.2, 0.25) is 5.91 Å². The molecule has 0 aromatic heterocycles. The SMILES string of the molecule is CCCNC1COCC1C(=O)NCc1ccc(F)c(F)c1. The minimum absolute atomic E-state index is 0.00917. The zero-order valence-electron chi connectivity index (χ0n) is 12.0. The van der Waals surface area contributed by atoms with Gasteiger partial charge in [-0.15, -0.1) is 0 Å². The van der Waals surface area contributed by atoms with Gasteiger partial charge in [-0.2, -0.15) is 0 Å². The number of halogens is 2. The molecular formula is C15H20F2N2O2. The van der Waals surface area contributed by atoms with Gasteiger partial charge < -0.3 is 15.4 Å². The zero-order chi connectivity index (χ0) is 15.2. The molecule has 1 saturated heterocycles. The third-order valence-corrected chi connectivity index (χ3v) is 3.52. The van der Waals surface area contributed by atoms with E-state index in [1.54, 1.807) is 0 Å². The summed E-state index contributed by atoms with van der Waals surface area (Å²) in [4.78, 5) is 12.1. The number of rotatable bonds is 6. The molecule has 1 aliphatic rings. The highest BCUT2D eigenvalue weighted by atomic mass is 19.2. The van der Waals surface area contributed by atoms with Crippen LogP contribution in [0.25, 0.3) is 0 Å². The standard InChI is InChI=1S/C15H20F2N2O2/c1-2-5-18-14-9-21-8-11(14)15(20)19-7-10-3-4-12(16)13(17)6-10/h3-4,6,11,14,18H,2,5,7-9H2,1H3,(H,19,20). The van der Waals surface area contributed by atoms with Crippen molar-refractivity contribution in [2.75, 3.05) is 19.8 Å². The summed E-state index contributed by atoms with van der Waals surface area (Å²) in [6.07, 6.45) is 0.986. The fourth-order valence-corrected chi connectivity index (χ4v) is 2.31. The fourth-order valence-electron chi connectivity index (χ4n) is 2.31. The molecular weight excluding hydrogens is 278 g/mol. The molecule has 1 fully saturated rings. The molecule has 1 aromatic rings. The first kappa shape index (κ1) is 15.9. The Morgan fingerprint density at radius 2 is 2.14 bits per heavy atom. The summed E-state index contributed by atoms with van der Waals surface area (Å²) in [6, 6.07) is 3.61. The molecule has 1 amide bonds. The number of carbonyl (C=O) groups is 1. The van der Waals surface area contributed by atoms with Crippen molar-refractivity contribution >= 4 is 5.91 Å². The summed E-state index contributed by atoms with van der Waals surface area (Å²) in [5.74, 6) is -2.18. The van der Waals surface area contributed by atoms with E-state index in [1.165, 1.54) is 6.07 Å². The van der Waals surface area contributed by atoms with Gasteiger partial charge >= 0.3 is 0 Å². The second-order valence-corrected chi connectivity index (χ2v) is 5.17. The molecule has 0 spiro atoms. The van der Waals surface area contributed by atoms with Crippen molar-refractivity contribution in [2.45, 2.75) is 25.9 Å². The van der Waals surface area contributed by atoms with Gasteiger partial charge in [0.05, 0.1) is 19.1 Å². The lowest BCUT2D eigenvalue weighted by Crippen LogP contribution is -2.44. The van der Waals surface area contributed by atoms with Crippen molar-refractivity contribution in [3.63, 3.8) is 0 Å². The molecule has 2 rings (SSSR count). The Labute approximate surface area is 122 Å². The second-order valence-electron chi connectivity index (χ2n) is 5.17. The lowest BCUT2D eigenvalue weighted by Gasteiger charge is -2.18. The number of hydrogen-bond donors (Lipinski definition) is 2. The predicted molar refractivity (Wildman–Crippen MR) is 74.6 cm³/mol. The highest BCUT2D eigenvalue weighted by molar-refractivity contribution is 5.79. The Balaban J connectivity index is 1.87. The van der Waals surface area contributed by atoms with Gasteiger partial charge in [-0.3, -0.25) is 4.79 Å². The molecule has 4 nitrogen and oxygen atoms in total. The van der Waals surface area contributed by atoms with Crippen LogP contribution in [-0.4, -0.2) is 31.7 Å². The van der Waals surface area contributed by atoms with E-state index in [1.807, 2.05) is 0 Å². The minimum atomic E-state index is -0.909. The molecule has 1 heterocycles. The maximum Gasteiger partial charge on any atom is 0.227 e. The average Bonchev–Trinajstić information content (AvgIpc) is 2.94. The quantitative estimate of drug-likeness (QED) is 0.838. The zero-order valence-corrected chi connectivity index (χ0v) is 12.0. The number of amides is 1. The van der Waals surface area contributed by atoms with Crippen LogP contribution in [0.1, 0.15) is 18.9 Å². The molecule has 6 heteroatoms. The predicted octanol–water partition coefficient (Wildman–Crippen LogP) is 1.60. The summed E-state index contributed by atoms with van der Waals surface area (Å²) in [6.45, 7) is 3.96. The van der Waals surface area contributed by atoms with E-state index in [4.69, 9.17) is 4.74 Å². The van der Waals surface area contributed by atoms with Gasteiger partial charge in [0.1, 0.15) is 0 Å². The van der Waals surface area contributed by atoms with Crippen LogP contribution < -0.4 is 10.6 Å². The van der Waals surface area contributed by atoms with Gasteiger partial charge in [-0.25, -0.2) is 8.78 Å². The van der Waals surface area contributed by atoms with Crippen LogP contribution in [0.5, 0.6) is 0 Å². The molecule has 0 bridgehead atoms.